The molecule has 0 radical (unpaired) electrons. The molecule has 0 bridgehead atoms. The van der Waals surface area contributed by atoms with Gasteiger partial charge in [0, 0.05) is 19.2 Å². The molecule has 0 amide bonds. The predicted octanol–water partition coefficient (Wildman–Crippen LogP) is 2.89. The number of rotatable bonds is 6. The summed E-state index contributed by atoms with van der Waals surface area (Å²) in [5, 5.41) is 12.1. The molecule has 1 aromatic carbocycles. The summed E-state index contributed by atoms with van der Waals surface area (Å²) in [5.74, 6) is 2.41. The molecule has 1 unspecified atom stereocenters. The van der Waals surface area contributed by atoms with Crippen molar-refractivity contribution in [3.63, 3.8) is 0 Å². The van der Waals surface area contributed by atoms with E-state index in [9.17, 15) is 0 Å². The molecule has 9 heteroatoms. The fourth-order valence-electron chi connectivity index (χ4n) is 3.32. The van der Waals surface area contributed by atoms with Crippen LogP contribution in [0.3, 0.4) is 0 Å². The van der Waals surface area contributed by atoms with Crippen molar-refractivity contribution >= 4 is 12.4 Å². The maximum atomic E-state index is 5.42. The molecular formula is C19H24ClN5O3. The van der Waals surface area contributed by atoms with Gasteiger partial charge in [0.1, 0.15) is 0 Å². The van der Waals surface area contributed by atoms with Gasteiger partial charge in [-0.15, -0.1) is 12.4 Å². The molecule has 3 heterocycles. The van der Waals surface area contributed by atoms with E-state index in [2.05, 4.69) is 20.6 Å². The topological polar surface area (TPSA) is 87.2 Å². The number of ether oxygens (including phenoxy) is 2. The Balaban J connectivity index is 0.00000225. The quantitative estimate of drug-likeness (QED) is 0.674. The van der Waals surface area contributed by atoms with E-state index in [4.69, 9.17) is 14.0 Å². The summed E-state index contributed by atoms with van der Waals surface area (Å²) in [6.07, 6.45) is 4.81. The number of benzene rings is 1. The van der Waals surface area contributed by atoms with Gasteiger partial charge >= 0.3 is 0 Å². The Morgan fingerprint density at radius 1 is 1.21 bits per heavy atom. The van der Waals surface area contributed by atoms with Crippen molar-refractivity contribution < 1.29 is 14.0 Å². The maximum Gasteiger partial charge on any atom is 0.278 e. The average molecular weight is 406 g/mol. The Hall–Kier alpha value is -2.58. The second-order valence-electron chi connectivity index (χ2n) is 6.56. The Bertz CT molecular complexity index is 905. The number of nitrogens with one attached hydrogen (secondary N) is 1. The van der Waals surface area contributed by atoms with Crippen LogP contribution in [0.4, 0.5) is 0 Å². The molecule has 1 fully saturated rings. The second-order valence-corrected chi connectivity index (χ2v) is 6.56. The summed E-state index contributed by atoms with van der Waals surface area (Å²) in [4.78, 5) is 4.49. The van der Waals surface area contributed by atoms with Crippen LogP contribution in [-0.4, -0.2) is 47.2 Å². The van der Waals surface area contributed by atoms with Crippen LogP contribution in [-0.2, 0) is 6.42 Å². The summed E-state index contributed by atoms with van der Waals surface area (Å²) in [5.41, 5.74) is 1.71. The molecule has 0 aliphatic carbocycles. The van der Waals surface area contributed by atoms with Crippen molar-refractivity contribution in [1.82, 2.24) is 25.2 Å². The normalized spacial score (nSPS) is 16.4. The lowest BCUT2D eigenvalue weighted by atomic mass is 10.1. The average Bonchev–Trinajstić information content (AvgIpc) is 3.38. The SMILES string of the molecule is COc1ccc(Cc2noc(-c3ccn(C4CCCNC4)n3)n2)cc1OC.Cl. The molecular weight excluding hydrogens is 382 g/mol. The van der Waals surface area contributed by atoms with Gasteiger partial charge < -0.3 is 19.3 Å². The lowest BCUT2D eigenvalue weighted by molar-refractivity contribution is 0.346. The Morgan fingerprint density at radius 2 is 2.07 bits per heavy atom. The molecule has 1 N–H and O–H groups in total. The van der Waals surface area contributed by atoms with E-state index >= 15 is 0 Å². The molecule has 0 spiro atoms. The molecule has 1 atom stereocenters. The zero-order chi connectivity index (χ0) is 18.6. The Labute approximate surface area is 169 Å². The minimum absolute atomic E-state index is 0. The largest absolute Gasteiger partial charge is 0.493 e. The summed E-state index contributed by atoms with van der Waals surface area (Å²) < 4.78 is 18.0. The highest BCUT2D eigenvalue weighted by Crippen LogP contribution is 2.28. The first kappa shape index (κ1) is 20.2. The van der Waals surface area contributed by atoms with E-state index in [0.717, 1.165) is 31.5 Å². The zero-order valence-electron chi connectivity index (χ0n) is 15.9. The fourth-order valence-corrected chi connectivity index (χ4v) is 3.32. The number of halogens is 1. The number of hydrogen-bond donors (Lipinski definition) is 1. The minimum atomic E-state index is 0. The van der Waals surface area contributed by atoms with Crippen molar-refractivity contribution in [3.8, 4) is 23.1 Å². The first-order valence-corrected chi connectivity index (χ1v) is 9.06. The van der Waals surface area contributed by atoms with E-state index in [1.165, 1.54) is 0 Å². The third-order valence-corrected chi connectivity index (χ3v) is 4.75. The van der Waals surface area contributed by atoms with E-state index in [1.807, 2.05) is 35.1 Å². The molecule has 28 heavy (non-hydrogen) atoms. The Kier molecular flexibility index (Phi) is 6.53. The summed E-state index contributed by atoms with van der Waals surface area (Å²) in [6.45, 7) is 2.02. The van der Waals surface area contributed by atoms with Gasteiger partial charge in [0.05, 0.1) is 20.3 Å². The fraction of sp³-hybridized carbons (Fsp3) is 0.421. The molecule has 1 saturated heterocycles. The summed E-state index contributed by atoms with van der Waals surface area (Å²) in [6, 6.07) is 8.04. The van der Waals surface area contributed by atoms with Crippen LogP contribution in [0.15, 0.2) is 35.0 Å². The van der Waals surface area contributed by atoms with Crippen molar-refractivity contribution in [2.75, 3.05) is 27.3 Å². The predicted molar refractivity (Wildman–Crippen MR) is 106 cm³/mol. The molecule has 0 saturated carbocycles. The lowest BCUT2D eigenvalue weighted by Crippen LogP contribution is -2.31. The summed E-state index contributed by atoms with van der Waals surface area (Å²) >= 11 is 0. The zero-order valence-corrected chi connectivity index (χ0v) is 16.7. The molecule has 1 aliphatic heterocycles. The van der Waals surface area contributed by atoms with Crippen molar-refractivity contribution in [2.24, 2.45) is 0 Å². The third-order valence-electron chi connectivity index (χ3n) is 4.75. The van der Waals surface area contributed by atoms with Crippen LogP contribution in [0.5, 0.6) is 11.5 Å². The summed E-state index contributed by atoms with van der Waals surface area (Å²) in [7, 11) is 3.23. The van der Waals surface area contributed by atoms with Gasteiger partial charge in [-0.2, -0.15) is 10.1 Å². The van der Waals surface area contributed by atoms with Crippen LogP contribution in [0.25, 0.3) is 11.6 Å². The maximum absolute atomic E-state index is 5.42. The van der Waals surface area contributed by atoms with Crippen molar-refractivity contribution in [1.29, 1.82) is 0 Å². The van der Waals surface area contributed by atoms with E-state index in [1.54, 1.807) is 14.2 Å². The van der Waals surface area contributed by atoms with Gasteiger partial charge in [-0.05, 0) is 43.1 Å². The van der Waals surface area contributed by atoms with Crippen molar-refractivity contribution in [3.05, 3.63) is 41.9 Å². The van der Waals surface area contributed by atoms with Gasteiger partial charge in [-0.1, -0.05) is 11.2 Å². The number of hydrogen-bond acceptors (Lipinski definition) is 7. The first-order valence-electron chi connectivity index (χ1n) is 9.06. The molecule has 150 valence electrons. The first-order chi connectivity index (χ1) is 13.3. The van der Waals surface area contributed by atoms with Crippen LogP contribution < -0.4 is 14.8 Å². The third kappa shape index (κ3) is 4.28. The second kappa shape index (κ2) is 9.07. The van der Waals surface area contributed by atoms with Gasteiger partial charge in [0.25, 0.3) is 5.89 Å². The van der Waals surface area contributed by atoms with Crippen LogP contribution >= 0.6 is 12.4 Å². The van der Waals surface area contributed by atoms with Gasteiger partial charge in [0.15, 0.2) is 23.0 Å². The Morgan fingerprint density at radius 3 is 2.82 bits per heavy atom. The minimum Gasteiger partial charge on any atom is -0.493 e. The molecule has 1 aliphatic rings. The van der Waals surface area contributed by atoms with E-state index in [-0.39, 0.29) is 12.4 Å². The number of methoxy groups -OCH3 is 2. The standard InChI is InChI=1S/C19H23N5O3.ClH/c1-25-16-6-5-13(10-17(16)26-2)11-18-21-19(27-23-18)15-7-9-24(22-15)14-4-3-8-20-12-14;/h5-7,9-10,14,20H,3-4,8,11-12H2,1-2H3;1H. The lowest BCUT2D eigenvalue weighted by Gasteiger charge is -2.22. The molecule has 8 nitrogen and oxygen atoms in total. The highest BCUT2D eigenvalue weighted by molar-refractivity contribution is 5.85. The van der Waals surface area contributed by atoms with Gasteiger partial charge in [0.2, 0.25) is 0 Å². The number of piperidine rings is 1. The number of nitrogens with zero attached hydrogens (tertiary/aromatic N) is 4. The van der Waals surface area contributed by atoms with Crippen LogP contribution in [0, 0.1) is 0 Å². The van der Waals surface area contributed by atoms with Crippen LogP contribution in [0.1, 0.15) is 30.3 Å². The van der Waals surface area contributed by atoms with E-state index in [0.29, 0.717) is 41.4 Å². The molecule has 3 aromatic rings. The molecule has 4 rings (SSSR count). The van der Waals surface area contributed by atoms with Crippen LogP contribution in [0.2, 0.25) is 0 Å². The highest BCUT2D eigenvalue weighted by atomic mass is 35.5. The smallest absolute Gasteiger partial charge is 0.278 e. The highest BCUT2D eigenvalue weighted by Gasteiger charge is 2.18. The number of aromatic nitrogens is 4. The van der Waals surface area contributed by atoms with Gasteiger partial charge in [-0.3, -0.25) is 4.68 Å². The van der Waals surface area contributed by atoms with Crippen molar-refractivity contribution in [2.45, 2.75) is 25.3 Å². The van der Waals surface area contributed by atoms with Gasteiger partial charge in [-0.25, -0.2) is 0 Å². The van der Waals surface area contributed by atoms with E-state index < -0.39 is 0 Å². The monoisotopic (exact) mass is 405 g/mol. The molecule has 2 aromatic heterocycles.